The Morgan fingerprint density at radius 1 is 1.24 bits per heavy atom. The molecule has 0 saturated heterocycles. The predicted octanol–water partition coefficient (Wildman–Crippen LogP) is 3.72. The van der Waals surface area contributed by atoms with Crippen LogP contribution in [0.4, 0.5) is 0 Å². The molecule has 2 aromatic heterocycles. The summed E-state index contributed by atoms with van der Waals surface area (Å²) < 4.78 is 8.44. The van der Waals surface area contributed by atoms with Crippen molar-refractivity contribution >= 4 is 24.0 Å². The van der Waals surface area contributed by atoms with Gasteiger partial charge in [-0.1, -0.05) is 0 Å². The zero-order chi connectivity index (χ0) is 15.5. The average Bonchev–Trinajstić information content (AvgIpc) is 2.75. The number of rotatable bonds is 6. The van der Waals surface area contributed by atoms with Crippen LogP contribution in [0.2, 0.25) is 25.7 Å². The third kappa shape index (κ3) is 4.72. The van der Waals surface area contributed by atoms with Crippen molar-refractivity contribution in [2.45, 2.75) is 39.3 Å². The van der Waals surface area contributed by atoms with E-state index in [1.807, 2.05) is 17.7 Å². The normalized spacial score (nSPS) is 11.9. The second kappa shape index (κ2) is 6.80. The summed E-state index contributed by atoms with van der Waals surface area (Å²) in [6, 6.07) is 3.13. The van der Waals surface area contributed by atoms with Gasteiger partial charge in [0.25, 0.3) is 0 Å². The number of nitrogens with zero attached hydrogens (tertiary/aromatic N) is 4. The number of ether oxygens (including phenoxy) is 1. The first-order valence-corrected chi connectivity index (χ1v) is 11.5. The Morgan fingerprint density at radius 3 is 2.62 bits per heavy atom. The Labute approximate surface area is 134 Å². The molecule has 0 fully saturated rings. The van der Waals surface area contributed by atoms with Crippen LogP contribution in [0.5, 0.6) is 0 Å². The quantitative estimate of drug-likeness (QED) is 0.575. The summed E-state index contributed by atoms with van der Waals surface area (Å²) >= 11 is 3.43. The lowest BCUT2D eigenvalue weighted by Crippen LogP contribution is -2.22. The molecule has 7 heteroatoms. The maximum atomic E-state index is 5.79. The zero-order valence-corrected chi connectivity index (χ0v) is 15.5. The Hall–Kier alpha value is -1.05. The molecule has 2 aromatic rings. The van der Waals surface area contributed by atoms with Crippen LogP contribution in [0, 0.1) is 6.92 Å². The van der Waals surface area contributed by atoms with Crippen molar-refractivity contribution in [1.82, 2.24) is 20.0 Å². The van der Waals surface area contributed by atoms with Crippen molar-refractivity contribution in [3.8, 4) is 11.3 Å². The number of hydrogen-bond donors (Lipinski definition) is 0. The maximum Gasteiger partial charge on any atom is 0.139 e. The van der Waals surface area contributed by atoms with Gasteiger partial charge in [0, 0.05) is 12.2 Å². The zero-order valence-electron chi connectivity index (χ0n) is 12.9. The van der Waals surface area contributed by atoms with E-state index in [1.165, 1.54) is 0 Å². The monoisotopic (exact) mass is 368 g/mol. The fourth-order valence-corrected chi connectivity index (χ4v) is 3.05. The van der Waals surface area contributed by atoms with E-state index in [9.17, 15) is 0 Å². The van der Waals surface area contributed by atoms with E-state index in [-0.39, 0.29) is 0 Å². The van der Waals surface area contributed by atoms with E-state index in [4.69, 9.17) is 4.74 Å². The third-order valence-corrected chi connectivity index (χ3v) is 5.26. The lowest BCUT2D eigenvalue weighted by Gasteiger charge is -2.26. The fourth-order valence-electron chi connectivity index (χ4n) is 1.88. The van der Waals surface area contributed by atoms with Crippen LogP contribution in [0.3, 0.4) is 0 Å². The van der Waals surface area contributed by atoms with E-state index in [0.717, 1.165) is 34.1 Å². The molecule has 0 saturated carbocycles. The SMILES string of the molecule is Cc1cnncc1-c1cc(Br)nn1COCC[Si-](C)(C)C. The molecule has 0 aliphatic carbocycles. The van der Waals surface area contributed by atoms with Crippen LogP contribution >= 0.6 is 15.9 Å². The standard InChI is InChI=1S/C14H21BrN4OSi/c1-11-8-16-17-9-12(11)13-7-14(15)18-19(13)10-20-5-6-21(2,3)4/h7-9H,5-6,10H2,1-4H3/q-1. The fraction of sp³-hybridized carbons (Fsp3) is 0.500. The van der Waals surface area contributed by atoms with Gasteiger partial charge in [0.05, 0.1) is 18.1 Å². The molecule has 0 bridgehead atoms. The number of halogens is 1. The third-order valence-electron chi connectivity index (χ3n) is 3.17. The molecule has 2 heterocycles. The summed E-state index contributed by atoms with van der Waals surface area (Å²) in [5.74, 6) is 0. The lowest BCUT2D eigenvalue weighted by atomic mass is 10.1. The van der Waals surface area contributed by atoms with Crippen LogP contribution in [0.1, 0.15) is 5.56 Å². The highest BCUT2D eigenvalue weighted by Crippen LogP contribution is 2.25. The lowest BCUT2D eigenvalue weighted by molar-refractivity contribution is 0.0795. The molecule has 2 rings (SSSR count). The van der Waals surface area contributed by atoms with Gasteiger partial charge in [0.2, 0.25) is 0 Å². The van der Waals surface area contributed by atoms with Gasteiger partial charge < -0.3 is 4.74 Å². The molecule has 0 aliphatic rings. The summed E-state index contributed by atoms with van der Waals surface area (Å²) in [4.78, 5) is 0. The Morgan fingerprint density at radius 2 is 1.95 bits per heavy atom. The summed E-state index contributed by atoms with van der Waals surface area (Å²) in [7, 11) is -1.06. The first-order valence-electron chi connectivity index (χ1n) is 6.95. The van der Waals surface area contributed by atoms with E-state index < -0.39 is 8.07 Å². The van der Waals surface area contributed by atoms with E-state index in [0.29, 0.717) is 6.73 Å². The van der Waals surface area contributed by atoms with Crippen molar-refractivity contribution in [3.63, 3.8) is 0 Å². The minimum atomic E-state index is -1.06. The molecule has 0 spiro atoms. The largest absolute Gasteiger partial charge is 0.362 e. The molecule has 0 amide bonds. The second-order valence-electron chi connectivity index (χ2n) is 6.29. The highest BCUT2D eigenvalue weighted by molar-refractivity contribution is 9.10. The Balaban J connectivity index is 2.09. The molecule has 0 aliphatic heterocycles. The van der Waals surface area contributed by atoms with Gasteiger partial charge in [-0.15, -0.1) is 14.1 Å². The molecular weight excluding hydrogens is 348 g/mol. The average molecular weight is 369 g/mol. The first kappa shape index (κ1) is 16.3. The van der Waals surface area contributed by atoms with E-state index in [1.54, 1.807) is 12.4 Å². The van der Waals surface area contributed by atoms with Gasteiger partial charge in [0.1, 0.15) is 11.3 Å². The molecule has 0 radical (unpaired) electrons. The van der Waals surface area contributed by atoms with Crippen molar-refractivity contribution in [2.24, 2.45) is 0 Å². The molecule has 115 valence electrons. The summed E-state index contributed by atoms with van der Waals surface area (Å²) in [6.45, 7) is 10.3. The molecule has 0 atom stereocenters. The minimum Gasteiger partial charge on any atom is -0.362 e. The van der Waals surface area contributed by atoms with Gasteiger partial charge in [-0.3, -0.25) is 0 Å². The van der Waals surface area contributed by atoms with Crippen LogP contribution in [0.25, 0.3) is 11.3 Å². The Kier molecular flexibility index (Phi) is 5.29. The van der Waals surface area contributed by atoms with Gasteiger partial charge in [-0.2, -0.15) is 34.9 Å². The molecule has 0 aromatic carbocycles. The van der Waals surface area contributed by atoms with Crippen molar-refractivity contribution < 1.29 is 4.74 Å². The Bertz CT molecular complexity index is 609. The van der Waals surface area contributed by atoms with Gasteiger partial charge in [0.15, 0.2) is 0 Å². The van der Waals surface area contributed by atoms with Crippen LogP contribution < -0.4 is 0 Å². The maximum absolute atomic E-state index is 5.79. The number of hydrogen-bond acceptors (Lipinski definition) is 4. The summed E-state index contributed by atoms with van der Waals surface area (Å²) in [5.41, 5.74) is 3.08. The van der Waals surface area contributed by atoms with Crippen molar-refractivity contribution in [2.75, 3.05) is 6.61 Å². The number of aromatic nitrogens is 4. The molecule has 21 heavy (non-hydrogen) atoms. The second-order valence-corrected chi connectivity index (χ2v) is 12.7. The smallest absolute Gasteiger partial charge is 0.139 e. The van der Waals surface area contributed by atoms with Crippen molar-refractivity contribution in [3.05, 3.63) is 28.6 Å². The number of aryl methyl sites for hydroxylation is 1. The highest BCUT2D eigenvalue weighted by atomic mass is 79.9. The topological polar surface area (TPSA) is 52.8 Å². The van der Waals surface area contributed by atoms with Gasteiger partial charge in [-0.25, -0.2) is 4.68 Å². The molecule has 0 N–H and O–H groups in total. The van der Waals surface area contributed by atoms with Crippen LogP contribution in [0.15, 0.2) is 23.1 Å². The highest BCUT2D eigenvalue weighted by Gasteiger charge is 2.11. The van der Waals surface area contributed by atoms with E-state index in [2.05, 4.69) is 50.9 Å². The van der Waals surface area contributed by atoms with Crippen LogP contribution in [-0.2, 0) is 11.5 Å². The molecular formula is C14H21BrN4OSi-. The predicted molar refractivity (Wildman–Crippen MR) is 89.8 cm³/mol. The van der Waals surface area contributed by atoms with Gasteiger partial charge >= 0.3 is 0 Å². The molecule has 0 unspecified atom stereocenters. The van der Waals surface area contributed by atoms with E-state index >= 15 is 0 Å². The minimum absolute atomic E-state index is 0.452. The van der Waals surface area contributed by atoms with Crippen LogP contribution in [-0.4, -0.2) is 34.7 Å². The molecule has 5 nitrogen and oxygen atoms in total. The van der Waals surface area contributed by atoms with Crippen molar-refractivity contribution in [1.29, 1.82) is 0 Å². The summed E-state index contributed by atoms with van der Waals surface area (Å²) in [5, 5.41) is 12.3. The van der Waals surface area contributed by atoms with Gasteiger partial charge in [-0.05, 0) is 34.5 Å². The summed E-state index contributed by atoms with van der Waals surface area (Å²) in [6.07, 6.45) is 3.52. The first-order chi connectivity index (χ1) is 9.87.